The highest BCUT2D eigenvalue weighted by molar-refractivity contribution is 5.89. The SMILES string of the molecule is Cc1cc(NC(=O)N2CCC[C@H]2c2nnc3ccccn23)n(C)n1. The number of fused-ring (bicyclic) bond motifs is 1. The van der Waals surface area contributed by atoms with E-state index in [1.165, 1.54) is 0 Å². The Morgan fingerprint density at radius 2 is 2.21 bits per heavy atom. The normalized spacial score (nSPS) is 17.6. The van der Waals surface area contributed by atoms with Crippen LogP contribution in [-0.4, -0.2) is 41.9 Å². The van der Waals surface area contributed by atoms with E-state index in [1.807, 2.05) is 53.7 Å². The lowest BCUT2D eigenvalue weighted by atomic mass is 10.2. The summed E-state index contributed by atoms with van der Waals surface area (Å²) in [7, 11) is 1.82. The quantitative estimate of drug-likeness (QED) is 0.783. The van der Waals surface area contributed by atoms with E-state index in [0.29, 0.717) is 12.4 Å². The van der Waals surface area contributed by atoms with Crippen molar-refractivity contribution in [3.05, 3.63) is 42.0 Å². The first-order chi connectivity index (χ1) is 11.6. The fourth-order valence-electron chi connectivity index (χ4n) is 3.27. The van der Waals surface area contributed by atoms with Crippen molar-refractivity contribution in [3.63, 3.8) is 0 Å². The summed E-state index contributed by atoms with van der Waals surface area (Å²) < 4.78 is 3.62. The maximum Gasteiger partial charge on any atom is 0.323 e. The molecular weight excluding hydrogens is 306 g/mol. The molecule has 3 aromatic rings. The third-order valence-corrected chi connectivity index (χ3v) is 4.39. The molecule has 1 aliphatic heterocycles. The first kappa shape index (κ1) is 14.7. The molecule has 0 saturated carbocycles. The number of anilines is 1. The Balaban J connectivity index is 1.60. The lowest BCUT2D eigenvalue weighted by Crippen LogP contribution is -2.35. The molecule has 0 aromatic carbocycles. The van der Waals surface area contributed by atoms with Gasteiger partial charge in [0.1, 0.15) is 5.82 Å². The van der Waals surface area contributed by atoms with Crippen molar-refractivity contribution in [2.24, 2.45) is 7.05 Å². The number of amides is 2. The zero-order valence-corrected chi connectivity index (χ0v) is 13.7. The van der Waals surface area contributed by atoms with Gasteiger partial charge in [-0.1, -0.05) is 6.07 Å². The van der Waals surface area contributed by atoms with Crippen molar-refractivity contribution >= 4 is 17.5 Å². The standard InChI is InChI=1S/C16H19N7O/c1-11-10-14(21(2)20-11)17-16(24)22-9-5-6-12(22)15-19-18-13-7-3-4-8-23(13)15/h3-4,7-8,10,12H,5-6,9H2,1-2H3,(H,17,24)/t12-/m0/s1. The van der Waals surface area contributed by atoms with Gasteiger partial charge < -0.3 is 4.90 Å². The maximum atomic E-state index is 12.7. The minimum absolute atomic E-state index is 0.0725. The Labute approximate surface area is 139 Å². The number of nitrogens with one attached hydrogen (secondary N) is 1. The Bertz CT molecular complexity index is 897. The molecule has 8 heteroatoms. The number of rotatable bonds is 2. The van der Waals surface area contributed by atoms with Gasteiger partial charge in [0.2, 0.25) is 0 Å². The number of hydrogen-bond acceptors (Lipinski definition) is 4. The molecule has 4 heterocycles. The van der Waals surface area contributed by atoms with Gasteiger partial charge in [0.05, 0.1) is 11.7 Å². The fraction of sp³-hybridized carbons (Fsp3) is 0.375. The summed E-state index contributed by atoms with van der Waals surface area (Å²) in [5.74, 6) is 1.49. The average Bonchev–Trinajstić information content (AvgIpc) is 3.26. The third kappa shape index (κ3) is 2.40. The molecule has 24 heavy (non-hydrogen) atoms. The van der Waals surface area contributed by atoms with E-state index in [4.69, 9.17) is 0 Å². The van der Waals surface area contributed by atoms with Gasteiger partial charge in [-0.25, -0.2) is 4.79 Å². The molecule has 0 radical (unpaired) electrons. The van der Waals surface area contributed by atoms with Crippen LogP contribution in [0.2, 0.25) is 0 Å². The molecule has 0 spiro atoms. The van der Waals surface area contributed by atoms with E-state index >= 15 is 0 Å². The molecule has 8 nitrogen and oxygen atoms in total. The molecular formula is C16H19N7O. The number of aromatic nitrogens is 5. The molecule has 2 amide bonds. The van der Waals surface area contributed by atoms with Crippen molar-refractivity contribution in [1.82, 2.24) is 29.3 Å². The van der Waals surface area contributed by atoms with Crippen molar-refractivity contribution < 1.29 is 4.79 Å². The summed E-state index contributed by atoms with van der Waals surface area (Å²) >= 11 is 0. The molecule has 124 valence electrons. The molecule has 0 aliphatic carbocycles. The van der Waals surface area contributed by atoms with Gasteiger partial charge in [0.15, 0.2) is 11.5 Å². The third-order valence-electron chi connectivity index (χ3n) is 4.39. The van der Waals surface area contributed by atoms with Crippen molar-refractivity contribution in [2.75, 3.05) is 11.9 Å². The van der Waals surface area contributed by atoms with Gasteiger partial charge in [0, 0.05) is 25.9 Å². The van der Waals surface area contributed by atoms with Crippen LogP contribution < -0.4 is 5.32 Å². The number of aryl methyl sites for hydroxylation is 2. The second-order valence-corrected chi connectivity index (χ2v) is 6.06. The van der Waals surface area contributed by atoms with Crippen LogP contribution in [-0.2, 0) is 7.05 Å². The summed E-state index contributed by atoms with van der Waals surface area (Å²) in [6.07, 6.45) is 3.77. The second-order valence-electron chi connectivity index (χ2n) is 6.06. The zero-order chi connectivity index (χ0) is 16.7. The van der Waals surface area contributed by atoms with Crippen LogP contribution in [0.1, 0.15) is 30.4 Å². The van der Waals surface area contributed by atoms with Gasteiger partial charge in [0.25, 0.3) is 0 Å². The number of nitrogens with zero attached hydrogens (tertiary/aromatic N) is 6. The smallest absolute Gasteiger partial charge is 0.314 e. The van der Waals surface area contributed by atoms with Crippen molar-refractivity contribution in [1.29, 1.82) is 0 Å². The molecule has 1 fully saturated rings. The predicted molar refractivity (Wildman–Crippen MR) is 88.6 cm³/mol. The number of likely N-dealkylation sites (tertiary alicyclic amines) is 1. The lowest BCUT2D eigenvalue weighted by Gasteiger charge is -2.23. The Morgan fingerprint density at radius 3 is 3.00 bits per heavy atom. The molecule has 0 bridgehead atoms. The van der Waals surface area contributed by atoms with E-state index in [1.54, 1.807) is 4.68 Å². The number of urea groups is 1. The highest BCUT2D eigenvalue weighted by Crippen LogP contribution is 2.31. The molecule has 1 saturated heterocycles. The molecule has 1 N–H and O–H groups in total. The predicted octanol–water partition coefficient (Wildman–Crippen LogP) is 2.14. The summed E-state index contributed by atoms with van der Waals surface area (Å²) in [5, 5.41) is 15.7. The van der Waals surface area contributed by atoms with Crippen LogP contribution >= 0.6 is 0 Å². The fourth-order valence-corrected chi connectivity index (χ4v) is 3.27. The van der Waals surface area contributed by atoms with Crippen LogP contribution in [0.15, 0.2) is 30.5 Å². The van der Waals surface area contributed by atoms with E-state index in [-0.39, 0.29) is 12.1 Å². The van der Waals surface area contributed by atoms with E-state index in [9.17, 15) is 4.79 Å². The topological polar surface area (TPSA) is 80.4 Å². The summed E-state index contributed by atoms with van der Waals surface area (Å²) in [6, 6.07) is 7.43. The first-order valence-corrected chi connectivity index (χ1v) is 8.01. The maximum absolute atomic E-state index is 12.7. The summed E-state index contributed by atoms with van der Waals surface area (Å²) in [6.45, 7) is 2.60. The second kappa shape index (κ2) is 5.63. The monoisotopic (exact) mass is 325 g/mol. The molecule has 1 aliphatic rings. The van der Waals surface area contributed by atoms with E-state index in [2.05, 4.69) is 20.6 Å². The number of pyridine rings is 1. The molecule has 4 rings (SSSR count). The Kier molecular flexibility index (Phi) is 3.44. The minimum Gasteiger partial charge on any atom is -0.314 e. The summed E-state index contributed by atoms with van der Waals surface area (Å²) in [4.78, 5) is 14.6. The van der Waals surface area contributed by atoms with Crippen LogP contribution in [0.4, 0.5) is 10.6 Å². The highest BCUT2D eigenvalue weighted by Gasteiger charge is 2.33. The van der Waals surface area contributed by atoms with Gasteiger partial charge in [-0.15, -0.1) is 10.2 Å². The van der Waals surface area contributed by atoms with Crippen LogP contribution in [0.5, 0.6) is 0 Å². The lowest BCUT2D eigenvalue weighted by molar-refractivity contribution is 0.204. The number of hydrogen-bond donors (Lipinski definition) is 1. The van der Waals surface area contributed by atoms with Crippen LogP contribution in [0.3, 0.4) is 0 Å². The Morgan fingerprint density at radius 1 is 1.33 bits per heavy atom. The summed E-state index contributed by atoms with van der Waals surface area (Å²) in [5.41, 5.74) is 1.66. The zero-order valence-electron chi connectivity index (χ0n) is 13.7. The average molecular weight is 325 g/mol. The highest BCUT2D eigenvalue weighted by atomic mass is 16.2. The van der Waals surface area contributed by atoms with E-state index < -0.39 is 0 Å². The largest absolute Gasteiger partial charge is 0.323 e. The molecule has 3 aromatic heterocycles. The molecule has 0 unspecified atom stereocenters. The first-order valence-electron chi connectivity index (χ1n) is 8.01. The van der Waals surface area contributed by atoms with Gasteiger partial charge >= 0.3 is 6.03 Å². The van der Waals surface area contributed by atoms with Crippen molar-refractivity contribution in [2.45, 2.75) is 25.8 Å². The van der Waals surface area contributed by atoms with Gasteiger partial charge in [-0.3, -0.25) is 14.4 Å². The van der Waals surface area contributed by atoms with Gasteiger partial charge in [-0.2, -0.15) is 5.10 Å². The molecule has 1 atom stereocenters. The number of carbonyl (C=O) groups is 1. The van der Waals surface area contributed by atoms with Gasteiger partial charge in [-0.05, 0) is 31.9 Å². The minimum atomic E-state index is -0.131. The van der Waals surface area contributed by atoms with Crippen molar-refractivity contribution in [3.8, 4) is 0 Å². The van der Waals surface area contributed by atoms with Crippen LogP contribution in [0.25, 0.3) is 5.65 Å². The van der Waals surface area contributed by atoms with Crippen LogP contribution in [0, 0.1) is 6.92 Å². The Hall–Kier alpha value is -2.90. The van der Waals surface area contributed by atoms with E-state index in [0.717, 1.165) is 30.0 Å². The number of carbonyl (C=O) groups excluding carboxylic acids is 1.